The van der Waals surface area contributed by atoms with Gasteiger partial charge in [0, 0.05) is 16.8 Å². The molecule has 2 aromatic carbocycles. The second kappa shape index (κ2) is 7.84. The number of anilines is 4. The first kappa shape index (κ1) is 17.7. The van der Waals surface area contributed by atoms with E-state index in [-0.39, 0.29) is 0 Å². The predicted molar refractivity (Wildman–Crippen MR) is 103 cm³/mol. The molecule has 0 radical (unpaired) electrons. The Kier molecular flexibility index (Phi) is 5.34. The minimum Gasteiger partial charge on any atom is -0.465 e. The number of benzene rings is 2. The molecule has 0 atom stereocenters. The van der Waals surface area contributed by atoms with Gasteiger partial charge in [-0.2, -0.15) is 0 Å². The van der Waals surface area contributed by atoms with Crippen molar-refractivity contribution >= 4 is 40.6 Å². The highest BCUT2D eigenvalue weighted by atomic mass is 35.5. The van der Waals surface area contributed by atoms with E-state index in [9.17, 15) is 4.79 Å². The van der Waals surface area contributed by atoms with Crippen LogP contribution in [0.15, 0.2) is 54.9 Å². The molecule has 0 spiro atoms. The van der Waals surface area contributed by atoms with Crippen LogP contribution in [0.2, 0.25) is 5.02 Å². The van der Waals surface area contributed by atoms with Crippen molar-refractivity contribution in [1.29, 1.82) is 0 Å². The van der Waals surface area contributed by atoms with Gasteiger partial charge in [-0.05, 0) is 36.8 Å². The Labute approximate surface area is 156 Å². The van der Waals surface area contributed by atoms with Gasteiger partial charge in [0.05, 0.1) is 18.4 Å². The Balaban J connectivity index is 1.85. The predicted octanol–water partition coefficient (Wildman–Crippen LogP) is 4.71. The van der Waals surface area contributed by atoms with Crippen LogP contribution in [0.4, 0.5) is 23.0 Å². The number of carbonyl (C=O) groups is 1. The molecule has 0 fully saturated rings. The summed E-state index contributed by atoms with van der Waals surface area (Å²) in [5.41, 5.74) is 2.81. The molecular formula is C19H17ClN4O2. The van der Waals surface area contributed by atoms with E-state index in [2.05, 4.69) is 20.6 Å². The summed E-state index contributed by atoms with van der Waals surface area (Å²) < 4.78 is 4.81. The van der Waals surface area contributed by atoms with Crippen molar-refractivity contribution in [3.8, 4) is 0 Å². The molecule has 0 aliphatic heterocycles. The number of esters is 1. The van der Waals surface area contributed by atoms with Crippen LogP contribution in [-0.4, -0.2) is 23.0 Å². The SMILES string of the molecule is COC(=O)c1ccccc1Nc1cc(Nc2cccc(Cl)c2C)ncn1. The fraction of sp³-hybridized carbons (Fsp3) is 0.105. The lowest BCUT2D eigenvalue weighted by atomic mass is 10.2. The second-order valence-corrected chi connectivity index (χ2v) is 5.90. The van der Waals surface area contributed by atoms with Crippen LogP contribution >= 0.6 is 11.6 Å². The summed E-state index contributed by atoms with van der Waals surface area (Å²) >= 11 is 6.15. The lowest BCUT2D eigenvalue weighted by Gasteiger charge is -2.12. The van der Waals surface area contributed by atoms with Gasteiger partial charge in [0.1, 0.15) is 18.0 Å². The summed E-state index contributed by atoms with van der Waals surface area (Å²) in [7, 11) is 1.35. The number of rotatable bonds is 5. The van der Waals surface area contributed by atoms with Crippen molar-refractivity contribution in [2.75, 3.05) is 17.7 Å². The number of nitrogens with one attached hydrogen (secondary N) is 2. The van der Waals surface area contributed by atoms with E-state index in [4.69, 9.17) is 16.3 Å². The van der Waals surface area contributed by atoms with Crippen LogP contribution in [0.25, 0.3) is 0 Å². The molecule has 0 bridgehead atoms. The summed E-state index contributed by atoms with van der Waals surface area (Å²) in [6, 6.07) is 14.4. The standard InChI is InChI=1S/C19H17ClN4O2/c1-12-14(20)7-5-9-15(12)23-17-10-18(22-11-21-17)24-16-8-4-3-6-13(16)19(25)26-2/h3-11H,1-2H3,(H2,21,22,23,24). The second-order valence-electron chi connectivity index (χ2n) is 5.49. The first-order valence-electron chi connectivity index (χ1n) is 7.87. The number of hydrogen-bond acceptors (Lipinski definition) is 6. The number of hydrogen-bond donors (Lipinski definition) is 2. The molecule has 0 unspecified atom stereocenters. The first-order chi connectivity index (χ1) is 12.6. The van der Waals surface area contributed by atoms with E-state index in [1.54, 1.807) is 24.3 Å². The number of aromatic nitrogens is 2. The highest BCUT2D eigenvalue weighted by Gasteiger charge is 2.12. The average Bonchev–Trinajstić information content (AvgIpc) is 2.66. The van der Waals surface area contributed by atoms with E-state index in [1.807, 2.05) is 31.2 Å². The number of nitrogens with zero attached hydrogens (tertiary/aromatic N) is 2. The molecule has 2 N–H and O–H groups in total. The molecular weight excluding hydrogens is 352 g/mol. The van der Waals surface area contributed by atoms with Crippen molar-refractivity contribution in [1.82, 2.24) is 9.97 Å². The molecule has 3 aromatic rings. The van der Waals surface area contributed by atoms with Gasteiger partial charge in [-0.3, -0.25) is 0 Å². The van der Waals surface area contributed by atoms with Crippen LogP contribution in [0.1, 0.15) is 15.9 Å². The topological polar surface area (TPSA) is 76.1 Å². The third-order valence-corrected chi connectivity index (χ3v) is 4.20. The number of para-hydroxylation sites is 1. The molecule has 26 heavy (non-hydrogen) atoms. The Hall–Kier alpha value is -3.12. The third kappa shape index (κ3) is 3.92. The van der Waals surface area contributed by atoms with Crippen molar-refractivity contribution in [3.63, 3.8) is 0 Å². The summed E-state index contributed by atoms with van der Waals surface area (Å²) in [5.74, 6) is 0.719. The third-order valence-electron chi connectivity index (χ3n) is 3.79. The minimum absolute atomic E-state index is 0.421. The summed E-state index contributed by atoms with van der Waals surface area (Å²) in [6.45, 7) is 1.93. The maximum atomic E-state index is 11.9. The summed E-state index contributed by atoms with van der Waals surface area (Å²) in [6.07, 6.45) is 1.44. The van der Waals surface area contributed by atoms with Gasteiger partial charge >= 0.3 is 5.97 Å². The number of carbonyl (C=O) groups excluding carboxylic acids is 1. The van der Waals surface area contributed by atoms with Gasteiger partial charge in [-0.25, -0.2) is 14.8 Å². The zero-order valence-corrected chi connectivity index (χ0v) is 15.0. The van der Waals surface area contributed by atoms with Crippen LogP contribution < -0.4 is 10.6 Å². The Morgan fingerprint density at radius 1 is 1.00 bits per heavy atom. The Bertz CT molecular complexity index is 946. The molecule has 0 aliphatic carbocycles. The molecule has 1 aromatic heterocycles. The van der Waals surface area contributed by atoms with Crippen molar-refractivity contribution in [3.05, 3.63) is 71.0 Å². The van der Waals surface area contributed by atoms with Gasteiger partial charge in [-0.15, -0.1) is 0 Å². The average molecular weight is 369 g/mol. The maximum Gasteiger partial charge on any atom is 0.339 e. The van der Waals surface area contributed by atoms with Crippen molar-refractivity contribution < 1.29 is 9.53 Å². The van der Waals surface area contributed by atoms with Gasteiger partial charge < -0.3 is 15.4 Å². The molecule has 132 valence electrons. The van der Waals surface area contributed by atoms with Crippen LogP contribution in [0.3, 0.4) is 0 Å². The number of ether oxygens (including phenoxy) is 1. The molecule has 1 heterocycles. The van der Waals surface area contributed by atoms with Crippen molar-refractivity contribution in [2.24, 2.45) is 0 Å². The van der Waals surface area contributed by atoms with E-state index in [0.717, 1.165) is 11.3 Å². The quantitative estimate of drug-likeness (QED) is 0.635. The highest BCUT2D eigenvalue weighted by molar-refractivity contribution is 6.31. The molecule has 7 heteroatoms. The molecule has 6 nitrogen and oxygen atoms in total. The normalized spacial score (nSPS) is 10.3. The smallest absolute Gasteiger partial charge is 0.339 e. The highest BCUT2D eigenvalue weighted by Crippen LogP contribution is 2.27. The lowest BCUT2D eigenvalue weighted by Crippen LogP contribution is -2.06. The van der Waals surface area contributed by atoms with E-state index < -0.39 is 5.97 Å². The van der Waals surface area contributed by atoms with Crippen LogP contribution in [0, 0.1) is 6.92 Å². The summed E-state index contributed by atoms with van der Waals surface area (Å²) in [5, 5.41) is 7.02. The minimum atomic E-state index is -0.421. The summed E-state index contributed by atoms with van der Waals surface area (Å²) in [4.78, 5) is 20.3. The molecule has 0 saturated carbocycles. The molecule has 0 aliphatic rings. The fourth-order valence-electron chi connectivity index (χ4n) is 2.39. The van der Waals surface area contributed by atoms with Gasteiger partial charge in [0.25, 0.3) is 0 Å². The van der Waals surface area contributed by atoms with E-state index >= 15 is 0 Å². The fourth-order valence-corrected chi connectivity index (χ4v) is 2.57. The Morgan fingerprint density at radius 2 is 1.65 bits per heavy atom. The first-order valence-corrected chi connectivity index (χ1v) is 8.25. The molecule has 0 saturated heterocycles. The number of halogens is 1. The largest absolute Gasteiger partial charge is 0.465 e. The molecule has 3 rings (SSSR count). The van der Waals surface area contributed by atoms with Crippen molar-refractivity contribution in [2.45, 2.75) is 6.92 Å². The van der Waals surface area contributed by atoms with Crippen LogP contribution in [-0.2, 0) is 4.74 Å². The van der Waals surface area contributed by atoms with Gasteiger partial charge in [0.2, 0.25) is 0 Å². The lowest BCUT2D eigenvalue weighted by molar-refractivity contribution is 0.0602. The van der Waals surface area contributed by atoms with Gasteiger partial charge in [0.15, 0.2) is 0 Å². The van der Waals surface area contributed by atoms with E-state index in [0.29, 0.717) is 27.9 Å². The van der Waals surface area contributed by atoms with E-state index in [1.165, 1.54) is 13.4 Å². The number of methoxy groups -OCH3 is 1. The maximum absolute atomic E-state index is 11.9. The Morgan fingerprint density at radius 3 is 2.38 bits per heavy atom. The monoisotopic (exact) mass is 368 g/mol. The zero-order chi connectivity index (χ0) is 18.5. The van der Waals surface area contributed by atoms with Gasteiger partial charge in [-0.1, -0.05) is 29.8 Å². The molecule has 0 amide bonds. The van der Waals surface area contributed by atoms with Crippen LogP contribution in [0.5, 0.6) is 0 Å². The zero-order valence-electron chi connectivity index (χ0n) is 14.3.